The van der Waals surface area contributed by atoms with Crippen molar-refractivity contribution in [1.82, 2.24) is 0 Å². The molecular formula is C10H14O. The van der Waals surface area contributed by atoms with Crippen LogP contribution in [0.2, 0.25) is 0 Å². The van der Waals surface area contributed by atoms with E-state index in [4.69, 9.17) is 0 Å². The minimum atomic E-state index is 0.227. The number of hydrogen-bond acceptors (Lipinski definition) is 1. The number of rotatable bonds is 3. The van der Waals surface area contributed by atoms with Crippen LogP contribution in [0, 0.1) is 0 Å². The molecular weight excluding hydrogens is 136 g/mol. The quantitative estimate of drug-likeness (QED) is 0.604. The van der Waals surface area contributed by atoms with Crippen molar-refractivity contribution >= 4 is 5.78 Å². The van der Waals surface area contributed by atoms with E-state index in [-0.39, 0.29) is 5.78 Å². The summed E-state index contributed by atoms with van der Waals surface area (Å²) in [7, 11) is 0. The second-order valence-electron chi connectivity index (χ2n) is 2.89. The number of carbonyl (C=O) groups is 1. The summed E-state index contributed by atoms with van der Waals surface area (Å²) in [4.78, 5) is 10.8. The van der Waals surface area contributed by atoms with Crippen molar-refractivity contribution in [2.75, 3.05) is 0 Å². The van der Waals surface area contributed by atoms with Crippen LogP contribution in [0.4, 0.5) is 0 Å². The first-order valence-corrected chi connectivity index (χ1v) is 4.23. The molecule has 1 aliphatic rings. The van der Waals surface area contributed by atoms with E-state index in [1.54, 1.807) is 6.08 Å². The van der Waals surface area contributed by atoms with Crippen LogP contribution in [-0.4, -0.2) is 5.78 Å². The molecule has 1 aliphatic carbocycles. The molecule has 11 heavy (non-hydrogen) atoms. The van der Waals surface area contributed by atoms with Gasteiger partial charge in [0, 0.05) is 6.42 Å². The Morgan fingerprint density at radius 1 is 1.45 bits per heavy atom. The van der Waals surface area contributed by atoms with Crippen molar-refractivity contribution in [1.29, 1.82) is 0 Å². The molecule has 0 aliphatic heterocycles. The van der Waals surface area contributed by atoms with Crippen LogP contribution in [-0.2, 0) is 4.79 Å². The highest BCUT2D eigenvalue weighted by atomic mass is 16.1. The second kappa shape index (κ2) is 4.12. The lowest BCUT2D eigenvalue weighted by Gasteiger charge is -2.04. The van der Waals surface area contributed by atoms with E-state index < -0.39 is 0 Å². The molecule has 0 saturated carbocycles. The lowest BCUT2D eigenvalue weighted by atomic mass is 10.0. The van der Waals surface area contributed by atoms with Gasteiger partial charge in [-0.05, 0) is 18.9 Å². The zero-order chi connectivity index (χ0) is 8.10. The van der Waals surface area contributed by atoms with Crippen LogP contribution < -0.4 is 0 Å². The second-order valence-corrected chi connectivity index (χ2v) is 2.89. The van der Waals surface area contributed by atoms with Crippen molar-refractivity contribution in [3.8, 4) is 0 Å². The minimum absolute atomic E-state index is 0.227. The molecule has 0 atom stereocenters. The smallest absolute Gasteiger partial charge is 0.159 e. The molecule has 0 amide bonds. The van der Waals surface area contributed by atoms with Gasteiger partial charge in [0.25, 0.3) is 0 Å². The summed E-state index contributed by atoms with van der Waals surface area (Å²) in [5.74, 6) is 0.227. The van der Waals surface area contributed by atoms with Crippen molar-refractivity contribution in [3.05, 3.63) is 23.8 Å². The topological polar surface area (TPSA) is 17.1 Å². The first-order chi connectivity index (χ1) is 5.33. The Labute approximate surface area is 67.8 Å². The fourth-order valence-corrected chi connectivity index (χ4v) is 1.13. The first kappa shape index (κ1) is 8.25. The van der Waals surface area contributed by atoms with Gasteiger partial charge in [-0.25, -0.2) is 0 Å². The number of unbranched alkanes of at least 4 members (excludes halogenated alkanes) is 1. The Morgan fingerprint density at radius 2 is 2.27 bits per heavy atom. The number of hydrogen-bond donors (Lipinski definition) is 0. The van der Waals surface area contributed by atoms with E-state index in [1.807, 2.05) is 12.2 Å². The largest absolute Gasteiger partial charge is 0.295 e. The Bertz CT molecular complexity index is 199. The maximum atomic E-state index is 10.8. The van der Waals surface area contributed by atoms with Gasteiger partial charge in [0.15, 0.2) is 5.78 Å². The number of allylic oxidation sites excluding steroid dienone is 4. The van der Waals surface area contributed by atoms with Crippen LogP contribution in [0.1, 0.15) is 32.6 Å². The summed E-state index contributed by atoms with van der Waals surface area (Å²) >= 11 is 0. The van der Waals surface area contributed by atoms with E-state index in [9.17, 15) is 4.79 Å². The highest BCUT2D eigenvalue weighted by molar-refractivity contribution is 5.92. The summed E-state index contributed by atoms with van der Waals surface area (Å²) in [6.45, 7) is 2.18. The number of carbonyl (C=O) groups excluding carboxylic acids is 1. The SMILES string of the molecule is CCCCC1=CCC(=O)C=C1. The monoisotopic (exact) mass is 150 g/mol. The van der Waals surface area contributed by atoms with Crippen LogP contribution in [0.3, 0.4) is 0 Å². The third-order valence-electron chi connectivity index (χ3n) is 1.87. The number of ketones is 1. The summed E-state index contributed by atoms with van der Waals surface area (Å²) in [5.41, 5.74) is 1.33. The van der Waals surface area contributed by atoms with E-state index in [2.05, 4.69) is 6.92 Å². The Morgan fingerprint density at radius 3 is 2.82 bits per heavy atom. The van der Waals surface area contributed by atoms with E-state index in [0.29, 0.717) is 6.42 Å². The van der Waals surface area contributed by atoms with Gasteiger partial charge in [0.2, 0.25) is 0 Å². The predicted octanol–water partition coefficient (Wildman–Crippen LogP) is 2.63. The fourth-order valence-electron chi connectivity index (χ4n) is 1.13. The van der Waals surface area contributed by atoms with Gasteiger partial charge in [-0.3, -0.25) is 4.79 Å². The van der Waals surface area contributed by atoms with Gasteiger partial charge in [0.05, 0.1) is 0 Å². The van der Waals surface area contributed by atoms with Gasteiger partial charge >= 0.3 is 0 Å². The molecule has 1 rings (SSSR count). The third kappa shape index (κ3) is 2.71. The van der Waals surface area contributed by atoms with E-state index >= 15 is 0 Å². The summed E-state index contributed by atoms with van der Waals surface area (Å²) in [5, 5.41) is 0. The zero-order valence-electron chi connectivity index (χ0n) is 6.97. The maximum Gasteiger partial charge on any atom is 0.159 e. The zero-order valence-corrected chi connectivity index (χ0v) is 6.97. The van der Waals surface area contributed by atoms with Crippen molar-refractivity contribution in [2.24, 2.45) is 0 Å². The average Bonchev–Trinajstić information content (AvgIpc) is 2.04. The van der Waals surface area contributed by atoms with Crippen molar-refractivity contribution < 1.29 is 4.79 Å². The van der Waals surface area contributed by atoms with Crippen LogP contribution >= 0.6 is 0 Å². The summed E-state index contributed by atoms with van der Waals surface area (Å²) < 4.78 is 0. The average molecular weight is 150 g/mol. The summed E-state index contributed by atoms with van der Waals surface area (Å²) in [6.07, 6.45) is 9.85. The highest BCUT2D eigenvalue weighted by Gasteiger charge is 2.01. The molecule has 0 aromatic heterocycles. The van der Waals surface area contributed by atoms with E-state index in [1.165, 1.54) is 18.4 Å². The molecule has 0 fully saturated rings. The van der Waals surface area contributed by atoms with Gasteiger partial charge in [-0.15, -0.1) is 0 Å². The van der Waals surface area contributed by atoms with Crippen LogP contribution in [0.25, 0.3) is 0 Å². The molecule has 0 radical (unpaired) electrons. The highest BCUT2D eigenvalue weighted by Crippen LogP contribution is 2.13. The van der Waals surface area contributed by atoms with Crippen LogP contribution in [0.5, 0.6) is 0 Å². The molecule has 0 aromatic rings. The Hall–Kier alpha value is -0.850. The lowest BCUT2D eigenvalue weighted by molar-refractivity contribution is -0.113. The Kier molecular flexibility index (Phi) is 3.09. The van der Waals surface area contributed by atoms with Gasteiger partial charge in [0.1, 0.15) is 0 Å². The molecule has 0 aromatic carbocycles. The molecule has 0 spiro atoms. The maximum absolute atomic E-state index is 10.8. The molecule has 0 heterocycles. The molecule has 0 saturated heterocycles. The normalized spacial score (nSPS) is 16.8. The molecule has 0 bridgehead atoms. The van der Waals surface area contributed by atoms with Crippen molar-refractivity contribution in [2.45, 2.75) is 32.6 Å². The Balaban J connectivity index is 2.37. The van der Waals surface area contributed by atoms with Gasteiger partial charge in [-0.1, -0.05) is 31.1 Å². The van der Waals surface area contributed by atoms with Gasteiger partial charge < -0.3 is 0 Å². The standard InChI is InChI=1S/C10H14O/c1-2-3-4-9-5-7-10(11)8-6-9/h5-7H,2-4,8H2,1H3. The predicted molar refractivity (Wildman–Crippen MR) is 46.4 cm³/mol. The molecule has 0 N–H and O–H groups in total. The van der Waals surface area contributed by atoms with E-state index in [0.717, 1.165) is 6.42 Å². The fraction of sp³-hybridized carbons (Fsp3) is 0.500. The minimum Gasteiger partial charge on any atom is -0.295 e. The first-order valence-electron chi connectivity index (χ1n) is 4.23. The summed E-state index contributed by atoms with van der Waals surface area (Å²) in [6, 6.07) is 0. The molecule has 1 nitrogen and oxygen atoms in total. The van der Waals surface area contributed by atoms with Crippen molar-refractivity contribution in [3.63, 3.8) is 0 Å². The molecule has 60 valence electrons. The van der Waals surface area contributed by atoms with Crippen LogP contribution in [0.15, 0.2) is 23.8 Å². The lowest BCUT2D eigenvalue weighted by Crippen LogP contribution is -1.96. The molecule has 0 unspecified atom stereocenters. The van der Waals surface area contributed by atoms with Gasteiger partial charge in [-0.2, -0.15) is 0 Å². The molecule has 1 heteroatoms. The third-order valence-corrected chi connectivity index (χ3v) is 1.87.